The van der Waals surface area contributed by atoms with Crippen LogP contribution in [-0.4, -0.2) is 35.6 Å². The van der Waals surface area contributed by atoms with Crippen molar-refractivity contribution >= 4 is 17.7 Å². The molecule has 4 heteroatoms. The van der Waals surface area contributed by atoms with E-state index < -0.39 is 5.60 Å². The quantitative estimate of drug-likeness (QED) is 0.575. The summed E-state index contributed by atoms with van der Waals surface area (Å²) < 4.78 is 5.40. The van der Waals surface area contributed by atoms with Crippen LogP contribution in [0.15, 0.2) is 12.2 Å². The number of carbonyl (C=O) groups excluding carboxylic acids is 1. The lowest BCUT2D eigenvalue weighted by Gasteiger charge is -2.34. The molecule has 1 amide bonds. The van der Waals surface area contributed by atoms with Crippen LogP contribution in [0, 0.1) is 5.92 Å². The second-order valence-electron chi connectivity index (χ2n) is 6.24. The summed E-state index contributed by atoms with van der Waals surface area (Å²) in [4.78, 5) is 13.7. The number of hydrogen-bond donors (Lipinski definition) is 0. The molecule has 0 aliphatic heterocycles. The Morgan fingerprint density at radius 2 is 1.89 bits per heavy atom. The van der Waals surface area contributed by atoms with Crippen LogP contribution in [0.1, 0.15) is 46.5 Å². The van der Waals surface area contributed by atoms with E-state index in [4.69, 9.17) is 16.3 Å². The summed E-state index contributed by atoms with van der Waals surface area (Å²) in [5.41, 5.74) is -0.425. The highest BCUT2D eigenvalue weighted by atomic mass is 35.5. The van der Waals surface area contributed by atoms with Gasteiger partial charge >= 0.3 is 6.09 Å². The predicted molar refractivity (Wildman–Crippen MR) is 79.6 cm³/mol. The second-order valence-corrected chi connectivity index (χ2v) is 6.55. The van der Waals surface area contributed by atoms with Gasteiger partial charge in [-0.05, 0) is 52.4 Å². The van der Waals surface area contributed by atoms with Gasteiger partial charge in [0.1, 0.15) is 5.60 Å². The van der Waals surface area contributed by atoms with E-state index in [1.165, 1.54) is 0 Å². The summed E-state index contributed by atoms with van der Waals surface area (Å²) >= 11 is 5.65. The van der Waals surface area contributed by atoms with Gasteiger partial charge in [-0.15, -0.1) is 11.6 Å². The highest BCUT2D eigenvalue weighted by Gasteiger charge is 2.28. The summed E-state index contributed by atoms with van der Waals surface area (Å²) in [5.74, 6) is 1.19. The average Bonchev–Trinajstić information content (AvgIpc) is 2.34. The number of carbonyl (C=O) groups is 1. The molecule has 0 N–H and O–H groups in total. The Morgan fingerprint density at radius 3 is 2.37 bits per heavy atom. The Morgan fingerprint density at radius 1 is 1.32 bits per heavy atom. The molecule has 0 aromatic carbocycles. The first-order chi connectivity index (χ1) is 8.83. The molecule has 0 radical (unpaired) electrons. The van der Waals surface area contributed by atoms with E-state index >= 15 is 0 Å². The fourth-order valence-electron chi connectivity index (χ4n) is 2.41. The van der Waals surface area contributed by atoms with Gasteiger partial charge in [0, 0.05) is 19.0 Å². The molecular formula is C15H26ClNO2. The lowest BCUT2D eigenvalue weighted by atomic mass is 9.85. The zero-order valence-electron chi connectivity index (χ0n) is 12.5. The van der Waals surface area contributed by atoms with Crippen LogP contribution >= 0.6 is 11.6 Å². The first-order valence-corrected chi connectivity index (χ1v) is 7.55. The summed E-state index contributed by atoms with van der Waals surface area (Å²) in [7, 11) is 1.84. The minimum Gasteiger partial charge on any atom is -0.444 e. The van der Waals surface area contributed by atoms with Crippen molar-refractivity contribution in [1.29, 1.82) is 0 Å². The van der Waals surface area contributed by atoms with Crippen molar-refractivity contribution in [3.8, 4) is 0 Å². The highest BCUT2D eigenvalue weighted by molar-refractivity contribution is 6.18. The molecule has 1 aliphatic rings. The molecule has 1 aliphatic carbocycles. The third kappa shape index (κ3) is 5.85. The molecule has 0 saturated heterocycles. The van der Waals surface area contributed by atoms with Gasteiger partial charge in [0.05, 0.1) is 0 Å². The van der Waals surface area contributed by atoms with Gasteiger partial charge in [0.25, 0.3) is 0 Å². The van der Waals surface area contributed by atoms with Gasteiger partial charge in [0.2, 0.25) is 0 Å². The number of rotatable bonds is 3. The number of allylic oxidation sites excluding steroid dienone is 2. The van der Waals surface area contributed by atoms with E-state index in [0.29, 0.717) is 17.8 Å². The highest BCUT2D eigenvalue weighted by Crippen LogP contribution is 2.28. The Labute approximate surface area is 121 Å². The first-order valence-electron chi connectivity index (χ1n) is 7.02. The largest absolute Gasteiger partial charge is 0.444 e. The predicted octanol–water partition coefficient (Wildman–Crippen LogP) is 4.21. The van der Waals surface area contributed by atoms with Crippen LogP contribution in [0.3, 0.4) is 0 Å². The normalized spacial score (nSPS) is 24.5. The summed E-state index contributed by atoms with van der Waals surface area (Å²) in [6, 6.07) is 0.301. The van der Waals surface area contributed by atoms with Crippen LogP contribution in [0.5, 0.6) is 0 Å². The third-order valence-electron chi connectivity index (χ3n) is 3.47. The van der Waals surface area contributed by atoms with E-state index in [1.807, 2.05) is 33.9 Å². The molecule has 0 aromatic rings. The van der Waals surface area contributed by atoms with Crippen LogP contribution in [0.2, 0.25) is 0 Å². The smallest absolute Gasteiger partial charge is 0.410 e. The molecule has 1 saturated carbocycles. The molecule has 1 fully saturated rings. The molecule has 3 nitrogen and oxygen atoms in total. The monoisotopic (exact) mass is 287 g/mol. The van der Waals surface area contributed by atoms with Crippen LogP contribution in [-0.2, 0) is 4.74 Å². The lowest BCUT2D eigenvalue weighted by molar-refractivity contribution is 0.0179. The molecular weight excluding hydrogens is 262 g/mol. The third-order valence-corrected chi connectivity index (χ3v) is 3.65. The minimum absolute atomic E-state index is 0.216. The number of halogens is 1. The standard InChI is InChI=1S/C15H26ClNO2/c1-15(2,3)19-14(18)17(4)13-9-7-12(8-10-13)6-5-11-16/h5-6,12-13H,7-11H2,1-4H3/t12-,13-. The van der Waals surface area contributed by atoms with Crippen molar-refractivity contribution in [3.05, 3.63) is 12.2 Å². The number of hydrogen-bond acceptors (Lipinski definition) is 2. The van der Waals surface area contributed by atoms with Gasteiger partial charge in [-0.2, -0.15) is 0 Å². The fraction of sp³-hybridized carbons (Fsp3) is 0.800. The maximum absolute atomic E-state index is 12.0. The zero-order valence-corrected chi connectivity index (χ0v) is 13.2. The molecule has 110 valence electrons. The van der Waals surface area contributed by atoms with Crippen molar-refractivity contribution in [2.75, 3.05) is 12.9 Å². The average molecular weight is 288 g/mol. The van der Waals surface area contributed by atoms with Crippen LogP contribution in [0.4, 0.5) is 4.79 Å². The molecule has 0 unspecified atom stereocenters. The number of amides is 1. The SMILES string of the molecule is CN(C(=O)OC(C)(C)C)[C@H]1CC[C@H](C=CCCl)CC1. The van der Waals surface area contributed by atoms with E-state index in [-0.39, 0.29) is 6.09 Å². The Hall–Kier alpha value is -0.700. The van der Waals surface area contributed by atoms with E-state index in [2.05, 4.69) is 6.08 Å². The topological polar surface area (TPSA) is 29.5 Å². The van der Waals surface area contributed by atoms with Crippen molar-refractivity contribution in [3.63, 3.8) is 0 Å². The number of nitrogens with zero attached hydrogens (tertiary/aromatic N) is 1. The molecule has 1 rings (SSSR count). The summed E-state index contributed by atoms with van der Waals surface area (Å²) in [5, 5.41) is 0. The lowest BCUT2D eigenvalue weighted by Crippen LogP contribution is -2.42. The maximum atomic E-state index is 12.0. The Balaban J connectivity index is 2.42. The molecule has 0 aromatic heterocycles. The zero-order chi connectivity index (χ0) is 14.5. The number of alkyl halides is 1. The van der Waals surface area contributed by atoms with Crippen molar-refractivity contribution in [1.82, 2.24) is 4.90 Å². The van der Waals surface area contributed by atoms with Gasteiger partial charge < -0.3 is 9.64 Å². The summed E-state index contributed by atoms with van der Waals surface area (Å²) in [6.07, 6.45) is 8.31. The number of ether oxygens (including phenoxy) is 1. The van der Waals surface area contributed by atoms with Gasteiger partial charge in [-0.1, -0.05) is 12.2 Å². The fourth-order valence-corrected chi connectivity index (χ4v) is 2.51. The Bertz CT molecular complexity index is 315. The van der Waals surface area contributed by atoms with Crippen molar-refractivity contribution in [2.24, 2.45) is 5.92 Å². The van der Waals surface area contributed by atoms with Crippen LogP contribution < -0.4 is 0 Å². The van der Waals surface area contributed by atoms with E-state index in [0.717, 1.165) is 25.7 Å². The Kier molecular flexibility index (Phi) is 6.18. The van der Waals surface area contributed by atoms with Crippen molar-refractivity contribution < 1.29 is 9.53 Å². The maximum Gasteiger partial charge on any atom is 0.410 e. The van der Waals surface area contributed by atoms with E-state index in [1.54, 1.807) is 4.90 Å². The van der Waals surface area contributed by atoms with Crippen molar-refractivity contribution in [2.45, 2.75) is 58.1 Å². The van der Waals surface area contributed by atoms with Gasteiger partial charge in [-0.25, -0.2) is 4.79 Å². The van der Waals surface area contributed by atoms with Gasteiger partial charge in [0.15, 0.2) is 0 Å². The minimum atomic E-state index is -0.425. The molecule has 0 spiro atoms. The summed E-state index contributed by atoms with van der Waals surface area (Å²) in [6.45, 7) is 5.69. The first kappa shape index (κ1) is 16.4. The molecule has 0 heterocycles. The van der Waals surface area contributed by atoms with Crippen LogP contribution in [0.25, 0.3) is 0 Å². The molecule has 0 atom stereocenters. The molecule has 0 bridgehead atoms. The molecule has 19 heavy (non-hydrogen) atoms. The van der Waals surface area contributed by atoms with E-state index in [9.17, 15) is 4.79 Å². The van der Waals surface area contributed by atoms with Gasteiger partial charge in [-0.3, -0.25) is 0 Å². The second kappa shape index (κ2) is 7.18.